The zero-order chi connectivity index (χ0) is 12.4. The van der Waals surface area contributed by atoms with Crippen molar-refractivity contribution in [1.29, 1.82) is 0 Å². The van der Waals surface area contributed by atoms with Crippen LogP contribution in [-0.4, -0.2) is 10.9 Å². The summed E-state index contributed by atoms with van der Waals surface area (Å²) in [4.78, 5) is 12.3. The zero-order valence-corrected chi connectivity index (χ0v) is 10.4. The summed E-state index contributed by atoms with van der Waals surface area (Å²) in [5.41, 5.74) is 2.73. The molecule has 3 heteroatoms. The van der Waals surface area contributed by atoms with Crippen molar-refractivity contribution in [3.63, 3.8) is 0 Å². The Bertz CT molecular complexity index is 653. The van der Waals surface area contributed by atoms with Crippen LogP contribution in [0.2, 0.25) is 0 Å². The van der Waals surface area contributed by atoms with E-state index in [4.69, 9.17) is 0 Å². The number of para-hydroxylation sites is 1. The van der Waals surface area contributed by atoms with Gasteiger partial charge in [-0.25, -0.2) is 0 Å². The number of carbonyl (C=O) groups is 1. The largest absolute Gasteiger partial charge is 0.306 e. The van der Waals surface area contributed by atoms with Crippen LogP contribution < -0.4 is 0 Å². The number of hydrogen-bond donors (Lipinski definition) is 0. The zero-order valence-electron chi connectivity index (χ0n) is 9.61. The minimum atomic E-state index is 0.671. The van der Waals surface area contributed by atoms with Gasteiger partial charge in [-0.2, -0.15) is 0 Å². The first-order valence-electron chi connectivity index (χ1n) is 5.66. The van der Waals surface area contributed by atoms with E-state index in [9.17, 15) is 4.79 Å². The van der Waals surface area contributed by atoms with Gasteiger partial charge in [-0.05, 0) is 35.7 Å². The fourth-order valence-corrected chi connectivity index (χ4v) is 2.77. The van der Waals surface area contributed by atoms with Crippen molar-refractivity contribution >= 4 is 17.6 Å². The predicted octanol–water partition coefficient (Wildman–Crippen LogP) is 4.02. The molecule has 0 bridgehead atoms. The molecule has 0 saturated carbocycles. The number of thiophene rings is 1. The van der Waals surface area contributed by atoms with Crippen LogP contribution in [0.15, 0.2) is 60.0 Å². The minimum absolute atomic E-state index is 0.671. The molecule has 88 valence electrons. The van der Waals surface area contributed by atoms with E-state index in [1.165, 1.54) is 0 Å². The average molecular weight is 253 g/mol. The highest BCUT2D eigenvalue weighted by Gasteiger charge is 2.11. The molecule has 0 N–H and O–H groups in total. The molecule has 0 amide bonds. The number of hydrogen-bond acceptors (Lipinski definition) is 2. The Morgan fingerprint density at radius 1 is 0.944 bits per heavy atom. The first-order valence-corrected chi connectivity index (χ1v) is 6.54. The summed E-state index contributed by atoms with van der Waals surface area (Å²) in [6.07, 6.45) is 0.893. The first-order chi connectivity index (χ1) is 8.90. The van der Waals surface area contributed by atoms with Crippen molar-refractivity contribution in [2.24, 2.45) is 0 Å². The second-order valence-electron chi connectivity index (χ2n) is 3.91. The summed E-state index contributed by atoms with van der Waals surface area (Å²) in [6.45, 7) is 0. The second-order valence-corrected chi connectivity index (χ2v) is 4.86. The monoisotopic (exact) mass is 253 g/mol. The molecule has 18 heavy (non-hydrogen) atoms. The van der Waals surface area contributed by atoms with Gasteiger partial charge in [-0.1, -0.05) is 24.3 Å². The van der Waals surface area contributed by atoms with Gasteiger partial charge in [0.05, 0.1) is 16.3 Å². The third-order valence-corrected chi connectivity index (χ3v) is 3.71. The van der Waals surface area contributed by atoms with E-state index in [1.54, 1.807) is 11.3 Å². The average Bonchev–Trinajstić information content (AvgIpc) is 3.08. The highest BCUT2D eigenvalue weighted by Crippen LogP contribution is 2.29. The summed E-state index contributed by atoms with van der Waals surface area (Å²) >= 11 is 1.67. The fraction of sp³-hybridized carbons (Fsp3) is 0. The summed E-state index contributed by atoms with van der Waals surface area (Å²) in [6, 6.07) is 17.9. The molecule has 2 nitrogen and oxygen atoms in total. The third-order valence-electron chi connectivity index (χ3n) is 2.82. The van der Waals surface area contributed by atoms with Gasteiger partial charge in [0.1, 0.15) is 0 Å². The Labute approximate surface area is 109 Å². The number of benzene rings is 1. The fourth-order valence-electron chi connectivity index (χ4n) is 2.03. The SMILES string of the molecule is O=Cc1ccc(-c2cccs2)n1-c1ccccc1. The highest BCUT2D eigenvalue weighted by atomic mass is 32.1. The number of aromatic nitrogens is 1. The number of nitrogens with zero attached hydrogens (tertiary/aromatic N) is 1. The van der Waals surface area contributed by atoms with E-state index in [0.717, 1.165) is 22.5 Å². The maximum Gasteiger partial charge on any atom is 0.166 e. The lowest BCUT2D eigenvalue weighted by Gasteiger charge is -2.09. The van der Waals surface area contributed by atoms with Gasteiger partial charge >= 0.3 is 0 Å². The van der Waals surface area contributed by atoms with Gasteiger partial charge in [0.25, 0.3) is 0 Å². The molecule has 0 aliphatic carbocycles. The summed E-state index contributed by atoms with van der Waals surface area (Å²) in [7, 11) is 0. The first kappa shape index (κ1) is 11.0. The Kier molecular flexibility index (Phi) is 2.82. The van der Waals surface area contributed by atoms with E-state index in [0.29, 0.717) is 5.69 Å². The maximum absolute atomic E-state index is 11.2. The molecule has 3 rings (SSSR count). The van der Waals surface area contributed by atoms with Gasteiger partial charge in [-0.3, -0.25) is 4.79 Å². The maximum atomic E-state index is 11.2. The van der Waals surface area contributed by atoms with Gasteiger partial charge in [0, 0.05) is 5.69 Å². The summed E-state index contributed by atoms with van der Waals surface area (Å²) in [5.74, 6) is 0. The normalized spacial score (nSPS) is 10.4. The molecule has 0 fully saturated rings. The van der Waals surface area contributed by atoms with E-state index in [-0.39, 0.29) is 0 Å². The molecular weight excluding hydrogens is 242 g/mol. The van der Waals surface area contributed by atoms with Crippen molar-refractivity contribution in [2.45, 2.75) is 0 Å². The molecule has 0 radical (unpaired) electrons. The van der Waals surface area contributed by atoms with Crippen molar-refractivity contribution in [3.8, 4) is 16.3 Å². The van der Waals surface area contributed by atoms with Crippen LogP contribution >= 0.6 is 11.3 Å². The molecule has 0 unspecified atom stereocenters. The quantitative estimate of drug-likeness (QED) is 0.646. The van der Waals surface area contributed by atoms with Crippen LogP contribution in [-0.2, 0) is 0 Å². The number of rotatable bonds is 3. The molecular formula is C15H11NOS. The molecule has 0 spiro atoms. The Morgan fingerprint density at radius 2 is 1.78 bits per heavy atom. The second kappa shape index (κ2) is 4.63. The van der Waals surface area contributed by atoms with Gasteiger partial charge in [0.15, 0.2) is 6.29 Å². The van der Waals surface area contributed by atoms with Crippen molar-refractivity contribution in [2.75, 3.05) is 0 Å². The van der Waals surface area contributed by atoms with E-state index in [1.807, 2.05) is 58.5 Å². The lowest BCUT2D eigenvalue weighted by Crippen LogP contribution is -2.00. The van der Waals surface area contributed by atoms with Crippen molar-refractivity contribution in [3.05, 3.63) is 65.7 Å². The van der Waals surface area contributed by atoms with Crippen LogP contribution in [0.1, 0.15) is 10.5 Å². The summed E-state index contributed by atoms with van der Waals surface area (Å²) < 4.78 is 1.98. The molecule has 0 saturated heterocycles. The van der Waals surface area contributed by atoms with Crippen LogP contribution in [0.25, 0.3) is 16.3 Å². The Morgan fingerprint density at radius 3 is 2.44 bits per heavy atom. The Balaban J connectivity index is 2.23. The van der Waals surface area contributed by atoms with Gasteiger partial charge in [-0.15, -0.1) is 11.3 Å². The topological polar surface area (TPSA) is 22.0 Å². The smallest absolute Gasteiger partial charge is 0.166 e. The minimum Gasteiger partial charge on any atom is -0.306 e. The third kappa shape index (κ3) is 1.79. The molecule has 3 aromatic rings. The van der Waals surface area contributed by atoms with Crippen molar-refractivity contribution in [1.82, 2.24) is 4.57 Å². The van der Waals surface area contributed by atoms with Crippen LogP contribution in [0.5, 0.6) is 0 Å². The molecule has 1 aromatic carbocycles. The molecule has 0 aliphatic rings. The Hall–Kier alpha value is -2.13. The van der Waals surface area contributed by atoms with E-state index in [2.05, 4.69) is 6.07 Å². The van der Waals surface area contributed by atoms with Crippen molar-refractivity contribution < 1.29 is 4.79 Å². The molecule has 2 heterocycles. The highest BCUT2D eigenvalue weighted by molar-refractivity contribution is 7.13. The molecule has 0 aliphatic heterocycles. The number of aldehydes is 1. The van der Waals surface area contributed by atoms with Crippen LogP contribution in [0, 0.1) is 0 Å². The summed E-state index contributed by atoms with van der Waals surface area (Å²) in [5, 5.41) is 2.04. The van der Waals surface area contributed by atoms with E-state index < -0.39 is 0 Å². The van der Waals surface area contributed by atoms with Gasteiger partial charge in [0.2, 0.25) is 0 Å². The van der Waals surface area contributed by atoms with Gasteiger partial charge < -0.3 is 4.57 Å². The molecule has 2 aromatic heterocycles. The standard InChI is InChI=1S/C15H11NOS/c17-11-13-8-9-14(15-7-4-10-18-15)16(13)12-5-2-1-3-6-12/h1-11H. The van der Waals surface area contributed by atoms with Crippen LogP contribution in [0.3, 0.4) is 0 Å². The predicted molar refractivity (Wildman–Crippen MR) is 74.5 cm³/mol. The lowest BCUT2D eigenvalue weighted by atomic mass is 10.3. The van der Waals surface area contributed by atoms with Crippen LogP contribution in [0.4, 0.5) is 0 Å². The molecule has 0 atom stereocenters. The number of carbonyl (C=O) groups excluding carboxylic acids is 1. The van der Waals surface area contributed by atoms with E-state index >= 15 is 0 Å². The lowest BCUT2D eigenvalue weighted by molar-refractivity contribution is 0.111.